The summed E-state index contributed by atoms with van der Waals surface area (Å²) < 4.78 is 24.0. The summed E-state index contributed by atoms with van der Waals surface area (Å²) in [6.45, 7) is 2.19. The van der Waals surface area contributed by atoms with Gasteiger partial charge < -0.3 is 29.2 Å². The van der Waals surface area contributed by atoms with E-state index >= 15 is 0 Å². The zero-order valence-electron chi connectivity index (χ0n) is 17.1. The van der Waals surface area contributed by atoms with Gasteiger partial charge in [-0.25, -0.2) is 0 Å². The minimum atomic E-state index is 0.264. The van der Waals surface area contributed by atoms with Crippen molar-refractivity contribution >= 4 is 11.3 Å². The molecular formula is C22H25N3O4S. The molecule has 0 radical (unpaired) electrons. The molecule has 0 spiro atoms. The molecule has 0 unspecified atom stereocenters. The van der Waals surface area contributed by atoms with Gasteiger partial charge in [0.25, 0.3) is 0 Å². The van der Waals surface area contributed by atoms with Gasteiger partial charge in [-0.1, -0.05) is 0 Å². The number of ether oxygens (including phenoxy) is 4. The summed E-state index contributed by atoms with van der Waals surface area (Å²) in [6.07, 6.45) is 0.868. The average Bonchev–Trinajstić information content (AvgIpc) is 3.42. The van der Waals surface area contributed by atoms with Crippen LogP contribution in [0.2, 0.25) is 0 Å². The molecule has 1 aliphatic heterocycles. The van der Waals surface area contributed by atoms with Gasteiger partial charge in [0.1, 0.15) is 11.5 Å². The first-order chi connectivity index (χ1) is 14.7. The van der Waals surface area contributed by atoms with E-state index in [1.807, 2.05) is 36.4 Å². The standard InChI is InChI=1S/C22H25N3O4S/c1-26-17-6-4-16(20(11-17)27-2)12-24-22-25(9-3-8-23)18(13-30-22)15-5-7-19-21(10-15)29-14-28-19/h4-7,10-11,13H,3,8-9,12,14,23H2,1-2H3/b24-22-. The Morgan fingerprint density at radius 2 is 1.97 bits per heavy atom. The van der Waals surface area contributed by atoms with Crippen molar-refractivity contribution in [3.63, 3.8) is 0 Å². The second-order valence-corrected chi connectivity index (χ2v) is 7.60. The quantitative estimate of drug-likeness (QED) is 0.596. The Labute approximate surface area is 179 Å². The monoisotopic (exact) mass is 427 g/mol. The molecule has 7 nitrogen and oxygen atoms in total. The normalized spacial score (nSPS) is 13.0. The average molecular weight is 428 g/mol. The van der Waals surface area contributed by atoms with Gasteiger partial charge in [-0.2, -0.15) is 0 Å². The van der Waals surface area contributed by atoms with Crippen molar-refractivity contribution in [2.24, 2.45) is 10.7 Å². The minimum Gasteiger partial charge on any atom is -0.497 e. The first-order valence-corrected chi connectivity index (χ1v) is 10.6. The summed E-state index contributed by atoms with van der Waals surface area (Å²) in [5.41, 5.74) is 8.94. The number of benzene rings is 2. The molecule has 0 saturated heterocycles. The first-order valence-electron chi connectivity index (χ1n) is 9.73. The molecular weight excluding hydrogens is 402 g/mol. The van der Waals surface area contributed by atoms with Crippen LogP contribution in [0.1, 0.15) is 12.0 Å². The maximum Gasteiger partial charge on any atom is 0.231 e. The van der Waals surface area contributed by atoms with Gasteiger partial charge in [-0.05, 0) is 43.3 Å². The van der Waals surface area contributed by atoms with Crippen LogP contribution in [-0.2, 0) is 13.1 Å². The van der Waals surface area contributed by atoms with Crippen molar-refractivity contribution in [3.05, 3.63) is 52.1 Å². The largest absolute Gasteiger partial charge is 0.497 e. The van der Waals surface area contributed by atoms with Crippen molar-refractivity contribution in [2.75, 3.05) is 27.6 Å². The predicted molar refractivity (Wildman–Crippen MR) is 116 cm³/mol. The van der Waals surface area contributed by atoms with E-state index in [0.29, 0.717) is 13.1 Å². The van der Waals surface area contributed by atoms with E-state index in [9.17, 15) is 0 Å². The number of hydrogen-bond acceptors (Lipinski definition) is 7. The highest BCUT2D eigenvalue weighted by Gasteiger charge is 2.16. The lowest BCUT2D eigenvalue weighted by Crippen LogP contribution is -2.18. The van der Waals surface area contributed by atoms with E-state index in [1.165, 1.54) is 0 Å². The smallest absolute Gasteiger partial charge is 0.231 e. The summed E-state index contributed by atoms with van der Waals surface area (Å²) in [4.78, 5) is 5.81. The molecule has 0 atom stereocenters. The fourth-order valence-electron chi connectivity index (χ4n) is 3.34. The molecule has 0 bridgehead atoms. The Bertz CT molecular complexity index is 1090. The summed E-state index contributed by atoms with van der Waals surface area (Å²) in [7, 11) is 3.30. The molecule has 3 aromatic rings. The molecule has 4 rings (SSSR count). The van der Waals surface area contributed by atoms with Gasteiger partial charge in [-0.3, -0.25) is 4.99 Å². The fourth-order valence-corrected chi connectivity index (χ4v) is 4.28. The highest BCUT2D eigenvalue weighted by molar-refractivity contribution is 7.07. The maximum atomic E-state index is 5.78. The van der Waals surface area contributed by atoms with Gasteiger partial charge in [0.15, 0.2) is 16.3 Å². The topological polar surface area (TPSA) is 80.2 Å². The summed E-state index contributed by atoms with van der Waals surface area (Å²) in [5, 5.41) is 2.12. The lowest BCUT2D eigenvalue weighted by atomic mass is 10.1. The molecule has 0 aliphatic carbocycles. The van der Waals surface area contributed by atoms with Crippen LogP contribution in [0.4, 0.5) is 0 Å². The SMILES string of the molecule is COc1ccc(C/N=c2\scc(-c3ccc4c(c3)OCO4)n2CCCN)c(OC)c1. The number of aromatic nitrogens is 1. The van der Waals surface area contributed by atoms with Crippen molar-refractivity contribution in [1.82, 2.24) is 4.57 Å². The Kier molecular flexibility index (Phi) is 6.25. The van der Waals surface area contributed by atoms with E-state index in [1.54, 1.807) is 25.6 Å². The molecule has 8 heteroatoms. The zero-order chi connectivity index (χ0) is 20.9. The molecule has 30 heavy (non-hydrogen) atoms. The van der Waals surface area contributed by atoms with Gasteiger partial charge in [0.2, 0.25) is 6.79 Å². The van der Waals surface area contributed by atoms with E-state index in [0.717, 1.165) is 57.6 Å². The van der Waals surface area contributed by atoms with Crippen molar-refractivity contribution in [3.8, 4) is 34.3 Å². The highest BCUT2D eigenvalue weighted by Crippen LogP contribution is 2.36. The number of methoxy groups -OCH3 is 2. The van der Waals surface area contributed by atoms with Gasteiger partial charge in [0.05, 0.1) is 26.5 Å². The lowest BCUT2D eigenvalue weighted by molar-refractivity contribution is 0.174. The number of hydrogen-bond donors (Lipinski definition) is 1. The van der Waals surface area contributed by atoms with Crippen LogP contribution >= 0.6 is 11.3 Å². The molecule has 0 amide bonds. The second kappa shape index (κ2) is 9.23. The van der Waals surface area contributed by atoms with Crippen LogP contribution in [0.5, 0.6) is 23.0 Å². The van der Waals surface area contributed by atoms with E-state index in [-0.39, 0.29) is 6.79 Å². The van der Waals surface area contributed by atoms with Gasteiger partial charge >= 0.3 is 0 Å². The molecule has 2 heterocycles. The number of nitrogens with two attached hydrogens (primary N) is 1. The number of thiazole rings is 1. The molecule has 158 valence electrons. The number of nitrogens with zero attached hydrogens (tertiary/aromatic N) is 2. The van der Waals surface area contributed by atoms with Crippen molar-refractivity contribution in [2.45, 2.75) is 19.5 Å². The van der Waals surface area contributed by atoms with Gasteiger partial charge in [-0.15, -0.1) is 11.3 Å². The van der Waals surface area contributed by atoms with Crippen LogP contribution in [0, 0.1) is 0 Å². The third-order valence-electron chi connectivity index (χ3n) is 4.93. The fraction of sp³-hybridized carbons (Fsp3) is 0.318. The number of fused-ring (bicyclic) bond motifs is 1. The Morgan fingerprint density at radius 3 is 2.77 bits per heavy atom. The molecule has 1 aromatic heterocycles. The first kappa shape index (κ1) is 20.3. The second-order valence-electron chi connectivity index (χ2n) is 6.76. The molecule has 2 N–H and O–H groups in total. The third kappa shape index (κ3) is 4.15. The summed E-state index contributed by atoms with van der Waals surface area (Å²) >= 11 is 1.61. The minimum absolute atomic E-state index is 0.264. The Hall–Kier alpha value is -2.97. The molecule has 2 aromatic carbocycles. The lowest BCUT2D eigenvalue weighted by Gasteiger charge is -2.10. The number of rotatable bonds is 8. The van der Waals surface area contributed by atoms with Crippen molar-refractivity contribution < 1.29 is 18.9 Å². The van der Waals surface area contributed by atoms with Crippen LogP contribution < -0.4 is 29.5 Å². The van der Waals surface area contributed by atoms with Crippen molar-refractivity contribution in [1.29, 1.82) is 0 Å². The Morgan fingerprint density at radius 1 is 1.10 bits per heavy atom. The summed E-state index contributed by atoms with van der Waals surface area (Å²) in [5.74, 6) is 3.07. The zero-order valence-corrected chi connectivity index (χ0v) is 17.9. The Balaban J connectivity index is 1.68. The molecule has 0 fully saturated rings. The highest BCUT2D eigenvalue weighted by atomic mass is 32.1. The molecule has 1 aliphatic rings. The third-order valence-corrected chi connectivity index (χ3v) is 5.83. The van der Waals surface area contributed by atoms with E-state index in [4.69, 9.17) is 29.7 Å². The van der Waals surface area contributed by atoms with E-state index < -0.39 is 0 Å². The summed E-state index contributed by atoms with van der Waals surface area (Å²) in [6, 6.07) is 11.8. The van der Waals surface area contributed by atoms with Crippen LogP contribution in [0.25, 0.3) is 11.3 Å². The molecule has 0 saturated carbocycles. The van der Waals surface area contributed by atoms with Crippen LogP contribution in [-0.4, -0.2) is 32.1 Å². The predicted octanol–water partition coefficient (Wildman–Crippen LogP) is 3.41. The van der Waals surface area contributed by atoms with Crippen LogP contribution in [0.15, 0.2) is 46.8 Å². The van der Waals surface area contributed by atoms with Crippen LogP contribution in [0.3, 0.4) is 0 Å². The van der Waals surface area contributed by atoms with Gasteiger partial charge in [0, 0.05) is 29.1 Å². The maximum absolute atomic E-state index is 5.78. The van der Waals surface area contributed by atoms with E-state index in [2.05, 4.69) is 9.95 Å².